The smallest absolute Gasteiger partial charge is 0.411 e. The Labute approximate surface area is 309 Å². The van der Waals surface area contributed by atoms with Gasteiger partial charge in [-0.1, -0.05) is 107 Å². The molecule has 0 spiro atoms. The normalized spacial score (nSPS) is 15.6. The lowest BCUT2D eigenvalue weighted by Gasteiger charge is -2.35. The van der Waals surface area contributed by atoms with Crippen LogP contribution in [0.4, 0.5) is 16.3 Å². The molecule has 1 saturated heterocycles. The number of ether oxygens (including phenoxy) is 1. The first kappa shape index (κ1) is 38.4. The molecule has 0 bridgehead atoms. The molecule has 0 saturated carbocycles. The highest BCUT2D eigenvalue weighted by molar-refractivity contribution is 7.13. The van der Waals surface area contributed by atoms with E-state index in [1.165, 1.54) is 74.3 Å². The molecule has 274 valence electrons. The van der Waals surface area contributed by atoms with Gasteiger partial charge >= 0.3 is 6.09 Å². The van der Waals surface area contributed by atoms with Crippen molar-refractivity contribution in [3.63, 3.8) is 0 Å². The van der Waals surface area contributed by atoms with E-state index in [0.29, 0.717) is 18.1 Å². The van der Waals surface area contributed by atoms with Crippen LogP contribution in [-0.2, 0) is 22.4 Å². The lowest BCUT2D eigenvalue weighted by molar-refractivity contribution is -0.119. The van der Waals surface area contributed by atoms with Crippen LogP contribution in [0.3, 0.4) is 0 Å². The first-order chi connectivity index (χ1) is 24.4. The van der Waals surface area contributed by atoms with Gasteiger partial charge in [0.15, 0.2) is 6.23 Å². The molecule has 8 nitrogen and oxygen atoms in total. The number of rotatable bonds is 20. The molecule has 3 aromatic rings. The summed E-state index contributed by atoms with van der Waals surface area (Å²) in [6, 6.07) is 12.4. The van der Waals surface area contributed by atoms with E-state index >= 15 is 0 Å². The van der Waals surface area contributed by atoms with Gasteiger partial charge in [-0.2, -0.15) is 4.37 Å². The molecule has 0 radical (unpaired) electrons. The molecule has 2 aliphatic rings. The summed E-state index contributed by atoms with van der Waals surface area (Å²) < 4.78 is 11.8. The average molecular weight is 724 g/mol. The third-order valence-electron chi connectivity index (χ3n) is 10.4. The highest BCUT2D eigenvalue weighted by Gasteiger charge is 2.34. The summed E-state index contributed by atoms with van der Waals surface area (Å²) in [6.07, 6.45) is 15.4. The number of carbonyl (C=O) groups excluding carboxylic acids is 2. The predicted molar refractivity (Wildman–Crippen MR) is 209 cm³/mol. The van der Waals surface area contributed by atoms with Gasteiger partial charge in [0.25, 0.3) is 0 Å². The van der Waals surface area contributed by atoms with Gasteiger partial charge in [-0.3, -0.25) is 14.6 Å². The Morgan fingerprint density at radius 1 is 0.940 bits per heavy atom. The Bertz CT molecular complexity index is 1520. The van der Waals surface area contributed by atoms with Gasteiger partial charge in [-0.05, 0) is 67.5 Å². The maximum Gasteiger partial charge on any atom is 0.411 e. The second kappa shape index (κ2) is 19.7. The second-order valence-electron chi connectivity index (χ2n) is 14.0. The molecule has 50 heavy (non-hydrogen) atoms. The molecular weight excluding hydrogens is 666 g/mol. The SMILES string of the molecule is CCCCCCCCCCCCCCN(CC)C(=O)OC(C)N1C(=O)Cc2cc(CCN3CCN(c4nsc5ccccc45)CC3)c(Cl)cc21. The lowest BCUT2D eigenvalue weighted by atomic mass is 10.1. The van der Waals surface area contributed by atoms with E-state index in [1.54, 1.807) is 28.3 Å². The van der Waals surface area contributed by atoms with Crippen molar-refractivity contribution in [2.75, 3.05) is 55.6 Å². The largest absolute Gasteiger partial charge is 0.425 e. The van der Waals surface area contributed by atoms with Crippen molar-refractivity contribution < 1.29 is 14.3 Å². The van der Waals surface area contributed by atoms with E-state index in [1.807, 2.05) is 13.0 Å². The standard InChI is InChI=1S/C40H58ClN5O3S/c1-4-6-7-8-9-10-11-12-13-14-15-18-22-44(5-2)40(48)49-31(3)46-36-30-35(41)32(28-33(36)29-38(46)47)21-23-43-24-26-45(27-25-43)39-34-19-16-17-20-37(34)50-42-39/h16-17,19-20,28,30-31H,4-15,18,21-27,29H2,1-3H3. The number of piperazine rings is 1. The average Bonchev–Trinajstić information content (AvgIpc) is 3.69. The maximum absolute atomic E-state index is 13.2. The third-order valence-corrected chi connectivity index (χ3v) is 11.6. The highest BCUT2D eigenvalue weighted by atomic mass is 35.5. The molecule has 1 atom stereocenters. The summed E-state index contributed by atoms with van der Waals surface area (Å²) in [5.74, 6) is 1.03. The van der Waals surface area contributed by atoms with Crippen molar-refractivity contribution in [3.8, 4) is 0 Å². The summed E-state index contributed by atoms with van der Waals surface area (Å²) >= 11 is 8.39. The Hall–Kier alpha value is -2.88. The number of anilines is 2. The summed E-state index contributed by atoms with van der Waals surface area (Å²) in [7, 11) is 0. The van der Waals surface area contributed by atoms with Crippen LogP contribution in [0.25, 0.3) is 10.1 Å². The van der Waals surface area contributed by atoms with E-state index in [4.69, 9.17) is 20.7 Å². The molecule has 2 amide bonds. The lowest BCUT2D eigenvalue weighted by Crippen LogP contribution is -2.47. The van der Waals surface area contributed by atoms with Crippen molar-refractivity contribution >= 4 is 56.7 Å². The number of halogens is 1. The third kappa shape index (κ3) is 10.3. The Morgan fingerprint density at radius 3 is 2.28 bits per heavy atom. The molecule has 3 heterocycles. The first-order valence-corrected chi connectivity index (χ1v) is 20.4. The van der Waals surface area contributed by atoms with Gasteiger partial charge in [0, 0.05) is 56.2 Å². The van der Waals surface area contributed by atoms with E-state index < -0.39 is 6.23 Å². The number of aromatic nitrogens is 1. The van der Waals surface area contributed by atoms with Crippen LogP contribution in [0, 0.1) is 0 Å². The zero-order valence-electron chi connectivity index (χ0n) is 30.6. The van der Waals surface area contributed by atoms with E-state index in [9.17, 15) is 9.59 Å². The first-order valence-electron chi connectivity index (χ1n) is 19.3. The fourth-order valence-electron chi connectivity index (χ4n) is 7.35. The summed E-state index contributed by atoms with van der Waals surface area (Å²) in [5, 5.41) is 1.89. The number of hydrogen-bond acceptors (Lipinski definition) is 7. The minimum Gasteiger partial charge on any atom is -0.425 e. The number of nitrogens with zero attached hydrogens (tertiary/aromatic N) is 5. The monoisotopic (exact) mass is 723 g/mol. The van der Waals surface area contributed by atoms with Gasteiger partial charge in [-0.15, -0.1) is 0 Å². The minimum atomic E-state index is -0.708. The van der Waals surface area contributed by atoms with Gasteiger partial charge in [-0.25, -0.2) is 4.79 Å². The van der Waals surface area contributed by atoms with Crippen LogP contribution in [-0.4, -0.2) is 78.2 Å². The second-order valence-corrected chi connectivity index (χ2v) is 15.3. The van der Waals surface area contributed by atoms with Crippen molar-refractivity contribution in [3.05, 3.63) is 52.5 Å². The zero-order chi connectivity index (χ0) is 35.3. The summed E-state index contributed by atoms with van der Waals surface area (Å²) in [4.78, 5) is 34.5. The Balaban J connectivity index is 1.03. The molecule has 5 rings (SSSR count). The fourth-order valence-corrected chi connectivity index (χ4v) is 8.40. The summed E-state index contributed by atoms with van der Waals surface area (Å²) in [5.41, 5.74) is 2.75. The maximum atomic E-state index is 13.2. The van der Waals surface area contributed by atoms with Crippen molar-refractivity contribution in [1.82, 2.24) is 14.2 Å². The molecule has 1 unspecified atom stereocenters. The molecular formula is C40H58ClN5O3S. The number of carbonyl (C=O) groups is 2. The number of amides is 2. The fraction of sp³-hybridized carbons (Fsp3) is 0.625. The molecule has 0 aliphatic carbocycles. The number of benzene rings is 2. The van der Waals surface area contributed by atoms with Gasteiger partial charge in [0.05, 0.1) is 16.8 Å². The van der Waals surface area contributed by atoms with Gasteiger partial charge in [0.2, 0.25) is 5.91 Å². The van der Waals surface area contributed by atoms with E-state index in [-0.39, 0.29) is 18.4 Å². The number of hydrogen-bond donors (Lipinski definition) is 0. The predicted octanol–water partition coefficient (Wildman–Crippen LogP) is 9.71. The summed E-state index contributed by atoms with van der Waals surface area (Å²) in [6.45, 7) is 12.0. The van der Waals surface area contributed by atoms with Crippen molar-refractivity contribution in [2.24, 2.45) is 0 Å². The van der Waals surface area contributed by atoms with Crippen LogP contribution in [0.2, 0.25) is 5.02 Å². The molecule has 1 fully saturated rings. The van der Waals surface area contributed by atoms with Crippen molar-refractivity contribution in [1.29, 1.82) is 0 Å². The number of unbranched alkanes of at least 4 members (excludes halogenated alkanes) is 11. The van der Waals surface area contributed by atoms with Crippen LogP contribution < -0.4 is 9.80 Å². The number of fused-ring (bicyclic) bond motifs is 2. The topological polar surface area (TPSA) is 69.2 Å². The van der Waals surface area contributed by atoms with Gasteiger partial charge < -0.3 is 14.5 Å². The molecule has 2 aliphatic heterocycles. The molecule has 0 N–H and O–H groups in total. The quantitative estimate of drug-likeness (QED) is 0.108. The molecule has 2 aromatic carbocycles. The van der Waals surface area contributed by atoms with Crippen LogP contribution in [0.15, 0.2) is 36.4 Å². The molecule has 10 heteroatoms. The Morgan fingerprint density at radius 2 is 1.60 bits per heavy atom. The minimum absolute atomic E-state index is 0.0665. The zero-order valence-corrected chi connectivity index (χ0v) is 32.2. The van der Waals surface area contributed by atoms with Crippen LogP contribution >= 0.6 is 23.1 Å². The van der Waals surface area contributed by atoms with Crippen LogP contribution in [0.1, 0.15) is 109 Å². The van der Waals surface area contributed by atoms with Crippen LogP contribution in [0.5, 0.6) is 0 Å². The van der Waals surface area contributed by atoms with E-state index in [0.717, 1.165) is 74.6 Å². The highest BCUT2D eigenvalue weighted by Crippen LogP contribution is 2.36. The van der Waals surface area contributed by atoms with Crippen molar-refractivity contribution in [2.45, 2.75) is 117 Å². The Kier molecular flexibility index (Phi) is 15.1. The van der Waals surface area contributed by atoms with Gasteiger partial charge in [0.1, 0.15) is 5.82 Å². The van der Waals surface area contributed by atoms with E-state index in [2.05, 4.69) is 47.1 Å². The molecule has 1 aromatic heterocycles.